The number of nitrogens with one attached hydrogen (secondary N) is 2. The zero-order valence-electron chi connectivity index (χ0n) is 69.7. The van der Waals surface area contributed by atoms with Gasteiger partial charge in [-0.15, -0.1) is 0 Å². The number of fused-ring (bicyclic) bond motifs is 9. The van der Waals surface area contributed by atoms with E-state index < -0.39 is 18.3 Å². The van der Waals surface area contributed by atoms with Crippen LogP contribution >= 0.6 is 67.9 Å². The number of rotatable bonds is 11. The number of halogens is 1. The summed E-state index contributed by atoms with van der Waals surface area (Å²) in [7, 11) is 0. The number of aromatic nitrogens is 6. The number of benzene rings is 6. The number of piperazine rings is 4. The Labute approximate surface area is 756 Å². The van der Waals surface area contributed by atoms with E-state index in [0.717, 1.165) is 238 Å². The molecule has 7 aromatic heterocycles. The Kier molecular flexibility index (Phi) is 32.9. The number of thiophene rings is 4. The van der Waals surface area contributed by atoms with Crippen molar-refractivity contribution in [3.05, 3.63) is 229 Å². The molecule has 3 aliphatic carbocycles. The van der Waals surface area contributed by atoms with Crippen molar-refractivity contribution in [1.29, 1.82) is 0 Å². The molecule has 0 spiro atoms. The molecule has 0 bridgehead atoms. The fourth-order valence-corrected chi connectivity index (χ4v) is 21.2. The van der Waals surface area contributed by atoms with Crippen LogP contribution in [-0.2, 0) is 17.8 Å². The van der Waals surface area contributed by atoms with Crippen LogP contribution < -0.4 is 42.0 Å². The quantitative estimate of drug-likeness (QED) is 0.0458. The van der Waals surface area contributed by atoms with E-state index in [4.69, 9.17) is 14.7 Å². The van der Waals surface area contributed by atoms with E-state index in [1.165, 1.54) is 42.7 Å². The number of aliphatic hydroxyl groups excluding tert-OH is 3. The second-order valence-electron chi connectivity index (χ2n) is 33.5. The number of carbonyl (C=O) groups excluding carboxylic acids is 2. The predicted molar refractivity (Wildman–Crippen MR) is 521 cm³/mol. The Morgan fingerprint density at radius 1 is 0.444 bits per heavy atom. The Bertz CT molecular complexity index is 5590. The average molecular weight is 1870 g/mol. The number of hydrogen-bond donors (Lipinski definition) is 5. The number of hydrogen-bond acceptors (Lipinski definition) is 23. The molecule has 658 valence electrons. The lowest BCUT2D eigenvalue weighted by molar-refractivity contribution is 0.0228. The van der Waals surface area contributed by atoms with Gasteiger partial charge in [0.2, 0.25) is 0 Å². The van der Waals surface area contributed by atoms with E-state index in [9.17, 15) is 39.3 Å². The zero-order chi connectivity index (χ0) is 84.6. The third-order valence-electron chi connectivity index (χ3n) is 24.4. The first kappa shape index (κ1) is 92.8. The topological polar surface area (TPSA) is 252 Å². The lowest BCUT2D eigenvalue weighted by atomic mass is 9.92. The molecule has 7 fully saturated rings. The molecular weight excluding hydrogens is 1750 g/mol. The summed E-state index contributed by atoms with van der Waals surface area (Å²) in [5.41, 5.74) is 8.31. The van der Waals surface area contributed by atoms with Crippen molar-refractivity contribution in [2.24, 2.45) is 0 Å². The minimum absolute atomic E-state index is 0. The number of anilines is 3. The van der Waals surface area contributed by atoms with Crippen LogP contribution in [0.4, 0.5) is 21.9 Å². The maximum Gasteiger partial charge on any atom is 0.410 e. The highest BCUT2D eigenvalue weighted by atomic mass is 127. The van der Waals surface area contributed by atoms with E-state index in [-0.39, 0.29) is 61.4 Å². The number of aliphatic hydroxyl groups is 3. The summed E-state index contributed by atoms with van der Waals surface area (Å²) in [6, 6.07) is 37.8. The molecule has 20 rings (SSSR count). The van der Waals surface area contributed by atoms with E-state index in [0.29, 0.717) is 33.7 Å². The largest absolute Gasteiger partial charge is 0.444 e. The van der Waals surface area contributed by atoms with Crippen LogP contribution in [0.5, 0.6) is 0 Å². The first-order valence-electron chi connectivity index (χ1n) is 43.0. The summed E-state index contributed by atoms with van der Waals surface area (Å²) in [6.07, 6.45) is 14.6. The number of aldehydes is 1. The maximum atomic E-state index is 13.6. The lowest BCUT2D eigenvalue weighted by Gasteiger charge is -2.35. The summed E-state index contributed by atoms with van der Waals surface area (Å²) in [5, 5.41) is 62.8. The van der Waals surface area contributed by atoms with E-state index >= 15 is 0 Å². The molecule has 23 nitrogen and oxygen atoms in total. The molecule has 7 aliphatic rings. The summed E-state index contributed by atoms with van der Waals surface area (Å²) < 4.78 is 11.5. The van der Waals surface area contributed by atoms with Crippen molar-refractivity contribution in [2.75, 3.05) is 119 Å². The number of amides is 1. The Hall–Kier alpha value is -8.89. The van der Waals surface area contributed by atoms with Gasteiger partial charge in [-0.1, -0.05) is 126 Å². The molecule has 6 aromatic carbocycles. The standard InChI is InChI=1S/2C27H30N4O2S.C19H18N2O3.C9H18N2O2.C8H12N2S.C4H3IS.2CH4/c2*32-25-8-4-3-7-24(25)31-18-28-26-22-6-2-1-5-21(22)19(15-23(26)27(31)33)16-29-10-12-30(13-11-29)20-9-14-34-17-20;22-10-12-9-15-18(14-6-2-1-5-13(12)14)20-11-21(19(15)24)16-7-3-4-8-17(16)23;1-9(2,3)13-8(12)11-6-4-10-5-7-11;1-6-11-7-8(1)10-4-2-9-3-5-10;5-4-1-2-6-3-4;;/h2*1-2,5-6,9,14-15,17-18,24-25,32H,3-4,7-8,10-13,16H2;1-2,5-6,9-11,16-17,23H,3-4,7-8H2;10H,4-7H2,1-3H3;1,6-7,9H,2-5H2;1-3H;2*1H4/t2*24-,25-;16-,17-;;;;;/m000...../s1. The zero-order valence-corrected chi connectivity index (χ0v) is 75.2. The van der Waals surface area contributed by atoms with Gasteiger partial charge in [-0.2, -0.15) is 45.3 Å². The number of ether oxygens (including phenoxy) is 1. The molecule has 124 heavy (non-hydrogen) atoms. The third-order valence-corrected chi connectivity index (χ3v) is 28.2. The van der Waals surface area contributed by atoms with Gasteiger partial charge in [0.15, 0.2) is 6.29 Å². The van der Waals surface area contributed by atoms with Crippen molar-refractivity contribution in [2.45, 2.75) is 168 Å². The summed E-state index contributed by atoms with van der Waals surface area (Å²) >= 11 is 9.28. The number of carbonyl (C=O) groups is 2. The maximum absolute atomic E-state index is 13.6. The van der Waals surface area contributed by atoms with Crippen LogP contribution in [0.3, 0.4) is 0 Å². The molecule has 5 N–H and O–H groups in total. The minimum atomic E-state index is -0.526. The Morgan fingerprint density at radius 3 is 1.12 bits per heavy atom. The molecule has 0 radical (unpaired) electrons. The highest BCUT2D eigenvalue weighted by Gasteiger charge is 2.32. The molecule has 28 heteroatoms. The highest BCUT2D eigenvalue weighted by Crippen LogP contribution is 2.36. The van der Waals surface area contributed by atoms with Crippen LogP contribution in [-0.4, -0.2) is 200 Å². The molecule has 3 saturated carbocycles. The van der Waals surface area contributed by atoms with Crippen LogP contribution in [0, 0.1) is 3.57 Å². The lowest BCUT2D eigenvalue weighted by Crippen LogP contribution is -2.48. The fourth-order valence-electron chi connectivity index (χ4n) is 17.9. The first-order chi connectivity index (χ1) is 59.4. The molecule has 1 amide bonds. The first-order valence-corrected chi connectivity index (χ1v) is 47.9. The van der Waals surface area contributed by atoms with Gasteiger partial charge < -0.3 is 50.3 Å². The molecule has 4 saturated heterocycles. The van der Waals surface area contributed by atoms with Crippen molar-refractivity contribution in [3.63, 3.8) is 0 Å². The molecule has 13 aromatic rings. The second-order valence-corrected chi connectivity index (χ2v) is 37.8. The Morgan fingerprint density at radius 2 is 0.782 bits per heavy atom. The summed E-state index contributed by atoms with van der Waals surface area (Å²) in [4.78, 5) is 91.2. The summed E-state index contributed by atoms with van der Waals surface area (Å²) in [6.45, 7) is 23.0. The smallest absolute Gasteiger partial charge is 0.410 e. The van der Waals surface area contributed by atoms with E-state index in [1.807, 2.05) is 57.2 Å². The summed E-state index contributed by atoms with van der Waals surface area (Å²) in [5.74, 6) is 0. The third kappa shape index (κ3) is 22.5. The average Bonchev–Trinajstić information content (AvgIpc) is 1.56. The highest BCUT2D eigenvalue weighted by molar-refractivity contribution is 14.1. The van der Waals surface area contributed by atoms with Gasteiger partial charge in [0.25, 0.3) is 16.7 Å². The molecular formula is C96H119IN14O9S4. The fraction of sp³-hybridized carbons (Fsp3) is 0.438. The van der Waals surface area contributed by atoms with Gasteiger partial charge in [0.1, 0.15) is 5.60 Å². The van der Waals surface area contributed by atoms with Gasteiger partial charge in [-0.3, -0.25) is 42.7 Å². The normalized spacial score (nSPS) is 20.2. The van der Waals surface area contributed by atoms with Crippen molar-refractivity contribution < 1.29 is 29.6 Å². The van der Waals surface area contributed by atoms with Gasteiger partial charge in [-0.25, -0.2) is 19.7 Å². The van der Waals surface area contributed by atoms with Crippen molar-refractivity contribution >= 4 is 162 Å². The van der Waals surface area contributed by atoms with Gasteiger partial charge in [0.05, 0.1) is 88.1 Å². The molecule has 6 atom stereocenters. The van der Waals surface area contributed by atoms with Gasteiger partial charge in [-0.05, 0) is 173 Å². The van der Waals surface area contributed by atoms with Gasteiger partial charge in [0, 0.05) is 182 Å². The predicted octanol–water partition coefficient (Wildman–Crippen LogP) is 17.3. The molecule has 4 aliphatic heterocycles. The van der Waals surface area contributed by atoms with Crippen LogP contribution in [0.2, 0.25) is 0 Å². The Balaban J connectivity index is 0.000000137. The molecule has 0 unspecified atom stereocenters. The molecule has 11 heterocycles. The minimum Gasteiger partial charge on any atom is -0.444 e. The van der Waals surface area contributed by atoms with Crippen LogP contribution in [0.15, 0.2) is 192 Å². The van der Waals surface area contributed by atoms with Crippen LogP contribution in [0.25, 0.3) is 65.0 Å². The SMILES string of the molecule is C.C.CC(C)(C)OC(=O)N1CCNCC1.Ic1ccsc1.O=Cc1cc2c(=O)n([C@H]3CCCC[C@@H]3O)cnc2c2ccccc12.O=c1c2cc(CN3CCN(c4ccsc4)CC3)c3ccccc3c2ncn1[C@H]1CCCC[C@@H]1O.O=c1c2cc(CN3CCN(c4ccsc4)CC3)c3ccccc3c2ncn1[C@H]1CCCC[C@@H]1O.c1cc(N2CCNCC2)cs1. The van der Waals surface area contributed by atoms with E-state index in [1.54, 1.807) is 78.1 Å². The van der Waals surface area contributed by atoms with Crippen LogP contribution in [0.1, 0.15) is 152 Å². The monoisotopic (exact) mass is 1870 g/mol. The van der Waals surface area contributed by atoms with Gasteiger partial charge >= 0.3 is 6.09 Å². The van der Waals surface area contributed by atoms with Crippen molar-refractivity contribution in [1.82, 2.24) is 54.0 Å². The number of nitrogens with zero attached hydrogens (tertiary/aromatic N) is 12. The van der Waals surface area contributed by atoms with E-state index in [2.05, 4.69) is 179 Å². The van der Waals surface area contributed by atoms with Crippen molar-refractivity contribution in [3.8, 4) is 0 Å². The second kappa shape index (κ2) is 44.0.